The van der Waals surface area contributed by atoms with Crippen LogP contribution in [0, 0.1) is 0 Å². The summed E-state index contributed by atoms with van der Waals surface area (Å²) in [6.07, 6.45) is 2.28. The first kappa shape index (κ1) is 16.0. The van der Waals surface area contributed by atoms with E-state index in [0.29, 0.717) is 24.1 Å². The molecule has 0 aliphatic heterocycles. The van der Waals surface area contributed by atoms with Gasteiger partial charge in [-0.2, -0.15) is 0 Å². The van der Waals surface area contributed by atoms with Crippen LogP contribution in [0.15, 0.2) is 35.8 Å². The summed E-state index contributed by atoms with van der Waals surface area (Å²) in [6, 6.07) is 6.99. The molecule has 0 atom stereocenters. The minimum atomic E-state index is -3.43. The van der Waals surface area contributed by atoms with Gasteiger partial charge in [0.25, 0.3) is 0 Å². The Hall–Kier alpha value is -1.35. The van der Waals surface area contributed by atoms with E-state index in [1.165, 1.54) is 11.3 Å². The van der Waals surface area contributed by atoms with E-state index in [1.807, 2.05) is 5.38 Å². The van der Waals surface area contributed by atoms with Crippen molar-refractivity contribution in [3.05, 3.63) is 52.0 Å². The summed E-state index contributed by atoms with van der Waals surface area (Å²) in [5.74, 6) is -0.140. The van der Waals surface area contributed by atoms with Crippen molar-refractivity contribution in [2.45, 2.75) is 12.2 Å². The fourth-order valence-corrected chi connectivity index (χ4v) is 3.83. The lowest BCUT2D eigenvalue weighted by Crippen LogP contribution is -2.28. The van der Waals surface area contributed by atoms with Crippen LogP contribution in [0.2, 0.25) is 0 Å². The van der Waals surface area contributed by atoms with Crippen molar-refractivity contribution < 1.29 is 8.42 Å². The molecule has 1 heterocycles. The van der Waals surface area contributed by atoms with E-state index in [2.05, 4.69) is 9.71 Å². The van der Waals surface area contributed by atoms with Crippen molar-refractivity contribution in [3.63, 3.8) is 0 Å². The van der Waals surface area contributed by atoms with Crippen LogP contribution in [0.1, 0.15) is 16.1 Å². The molecule has 8 heteroatoms. The summed E-state index contributed by atoms with van der Waals surface area (Å²) in [5, 5.41) is 2.77. The van der Waals surface area contributed by atoms with E-state index in [9.17, 15) is 8.42 Å². The molecule has 0 aliphatic rings. The highest BCUT2D eigenvalue weighted by atomic mass is 32.2. The van der Waals surface area contributed by atoms with Crippen LogP contribution in [0.25, 0.3) is 0 Å². The third kappa shape index (κ3) is 4.85. The van der Waals surface area contributed by atoms with Crippen LogP contribution >= 0.6 is 23.6 Å². The first-order valence-corrected chi connectivity index (χ1v) is 9.15. The van der Waals surface area contributed by atoms with Gasteiger partial charge >= 0.3 is 0 Å². The van der Waals surface area contributed by atoms with Gasteiger partial charge in [0.05, 0.1) is 10.8 Å². The lowest BCUT2D eigenvalue weighted by atomic mass is 10.1. The van der Waals surface area contributed by atoms with E-state index in [1.54, 1.807) is 30.5 Å². The van der Waals surface area contributed by atoms with Gasteiger partial charge < -0.3 is 5.73 Å². The summed E-state index contributed by atoms with van der Waals surface area (Å²) < 4.78 is 26.7. The number of nitrogens with two attached hydrogens (primary N) is 1. The molecule has 1 aromatic carbocycles. The zero-order valence-corrected chi connectivity index (χ0v) is 13.6. The van der Waals surface area contributed by atoms with Gasteiger partial charge in [0, 0.05) is 30.1 Å². The molecule has 0 saturated carbocycles. The van der Waals surface area contributed by atoms with Crippen molar-refractivity contribution in [3.8, 4) is 0 Å². The SMILES string of the molecule is NC(=S)c1ccccc1CS(=O)(=O)NCCc1nccs1. The Morgan fingerprint density at radius 3 is 2.81 bits per heavy atom. The lowest BCUT2D eigenvalue weighted by molar-refractivity contribution is 0.580. The molecule has 0 bridgehead atoms. The fraction of sp³-hybridized carbons (Fsp3) is 0.231. The molecular formula is C13H15N3O2S3. The van der Waals surface area contributed by atoms with Crippen molar-refractivity contribution >= 4 is 38.6 Å². The Balaban J connectivity index is 1.99. The molecule has 0 radical (unpaired) electrons. The number of thiocarbonyl (C=S) groups is 1. The van der Waals surface area contributed by atoms with Crippen LogP contribution in [0.5, 0.6) is 0 Å². The Kier molecular flexibility index (Phi) is 5.40. The van der Waals surface area contributed by atoms with Crippen molar-refractivity contribution in [2.75, 3.05) is 6.54 Å². The van der Waals surface area contributed by atoms with Crippen LogP contribution < -0.4 is 10.5 Å². The molecule has 2 rings (SSSR count). The zero-order valence-electron chi connectivity index (χ0n) is 11.2. The van der Waals surface area contributed by atoms with Crippen LogP contribution in [-0.2, 0) is 22.2 Å². The normalized spacial score (nSPS) is 11.4. The number of aromatic nitrogens is 1. The maximum atomic E-state index is 12.1. The standard InChI is InChI=1S/C13H15N3O2S3/c14-13(19)11-4-2-1-3-10(11)9-21(17,18)16-6-5-12-15-7-8-20-12/h1-4,7-8,16H,5-6,9H2,(H2,14,19). The molecule has 1 aromatic heterocycles. The first-order chi connectivity index (χ1) is 9.98. The topological polar surface area (TPSA) is 85.1 Å². The molecule has 3 N–H and O–H groups in total. The summed E-state index contributed by atoms with van der Waals surface area (Å²) in [6.45, 7) is 0.324. The Morgan fingerprint density at radius 1 is 1.38 bits per heavy atom. The Bertz CT molecular complexity index is 712. The zero-order chi connectivity index (χ0) is 15.3. The van der Waals surface area contributed by atoms with Gasteiger partial charge in [0.15, 0.2) is 0 Å². The first-order valence-electron chi connectivity index (χ1n) is 6.21. The number of rotatable bonds is 7. The highest BCUT2D eigenvalue weighted by Crippen LogP contribution is 2.12. The molecule has 0 aliphatic carbocycles. The van der Waals surface area contributed by atoms with Gasteiger partial charge in [-0.1, -0.05) is 36.5 Å². The number of nitrogens with zero attached hydrogens (tertiary/aromatic N) is 1. The molecule has 112 valence electrons. The monoisotopic (exact) mass is 341 g/mol. The molecular weight excluding hydrogens is 326 g/mol. The molecule has 0 spiro atoms. The predicted octanol–water partition coefficient (Wildman–Crippen LogP) is 1.44. The lowest BCUT2D eigenvalue weighted by Gasteiger charge is -2.09. The second kappa shape index (κ2) is 7.08. The highest BCUT2D eigenvalue weighted by Gasteiger charge is 2.14. The second-order valence-electron chi connectivity index (χ2n) is 4.35. The van der Waals surface area contributed by atoms with E-state index in [0.717, 1.165) is 5.01 Å². The highest BCUT2D eigenvalue weighted by molar-refractivity contribution is 7.88. The summed E-state index contributed by atoms with van der Waals surface area (Å²) in [5.41, 5.74) is 6.81. The number of sulfonamides is 1. The average Bonchev–Trinajstić information content (AvgIpc) is 2.91. The minimum Gasteiger partial charge on any atom is -0.389 e. The van der Waals surface area contributed by atoms with E-state index < -0.39 is 10.0 Å². The van der Waals surface area contributed by atoms with E-state index in [-0.39, 0.29) is 10.7 Å². The molecule has 0 amide bonds. The summed E-state index contributed by atoms with van der Waals surface area (Å²) >= 11 is 6.44. The number of hydrogen-bond donors (Lipinski definition) is 2. The van der Waals surface area contributed by atoms with Gasteiger partial charge in [-0.15, -0.1) is 11.3 Å². The maximum absolute atomic E-state index is 12.1. The van der Waals surface area contributed by atoms with E-state index >= 15 is 0 Å². The molecule has 0 saturated heterocycles. The molecule has 0 unspecified atom stereocenters. The average molecular weight is 341 g/mol. The number of benzene rings is 1. The summed E-state index contributed by atoms with van der Waals surface area (Å²) in [4.78, 5) is 4.30. The molecule has 21 heavy (non-hydrogen) atoms. The van der Waals surface area contributed by atoms with Crippen LogP contribution in [0.3, 0.4) is 0 Å². The van der Waals surface area contributed by atoms with Gasteiger partial charge in [-0.3, -0.25) is 0 Å². The van der Waals surface area contributed by atoms with Crippen molar-refractivity contribution in [1.82, 2.24) is 9.71 Å². The number of hydrogen-bond acceptors (Lipinski definition) is 5. The Morgan fingerprint density at radius 2 is 2.14 bits per heavy atom. The van der Waals surface area contributed by atoms with Gasteiger partial charge in [-0.05, 0) is 5.56 Å². The van der Waals surface area contributed by atoms with Crippen LogP contribution in [0.4, 0.5) is 0 Å². The molecule has 0 fully saturated rings. The smallest absolute Gasteiger partial charge is 0.215 e. The van der Waals surface area contributed by atoms with E-state index in [4.69, 9.17) is 18.0 Å². The van der Waals surface area contributed by atoms with Crippen LogP contribution in [-0.4, -0.2) is 24.9 Å². The molecule has 5 nitrogen and oxygen atoms in total. The third-order valence-electron chi connectivity index (χ3n) is 2.77. The third-order valence-corrected chi connectivity index (χ3v) is 5.17. The number of thiazole rings is 1. The quantitative estimate of drug-likeness (QED) is 0.744. The van der Waals surface area contributed by atoms with Gasteiger partial charge in [-0.25, -0.2) is 18.1 Å². The van der Waals surface area contributed by atoms with Crippen molar-refractivity contribution in [2.24, 2.45) is 5.73 Å². The van der Waals surface area contributed by atoms with Gasteiger partial charge in [0.1, 0.15) is 4.99 Å². The Labute approximate surface area is 133 Å². The second-order valence-corrected chi connectivity index (χ2v) is 7.58. The summed E-state index contributed by atoms with van der Waals surface area (Å²) in [7, 11) is -3.43. The molecule has 2 aromatic rings. The van der Waals surface area contributed by atoms with Gasteiger partial charge in [0.2, 0.25) is 10.0 Å². The van der Waals surface area contributed by atoms with Crippen molar-refractivity contribution in [1.29, 1.82) is 0 Å². The minimum absolute atomic E-state index is 0.140. The fourth-order valence-electron chi connectivity index (χ4n) is 1.83. The predicted molar refractivity (Wildman–Crippen MR) is 88.8 cm³/mol. The largest absolute Gasteiger partial charge is 0.389 e. The maximum Gasteiger partial charge on any atom is 0.215 e. The number of nitrogens with one attached hydrogen (secondary N) is 1.